The first kappa shape index (κ1) is 68.1. The molecule has 0 saturated heterocycles. The molecule has 0 aromatic carbocycles. The smallest absolute Gasteiger partial charge is 0.308 e. The number of ether oxygens (including phenoxy) is 6. The van der Waals surface area contributed by atoms with Crippen LogP contribution in [0.2, 0.25) is 0 Å². The van der Waals surface area contributed by atoms with Gasteiger partial charge in [0.25, 0.3) is 5.24 Å². The van der Waals surface area contributed by atoms with Gasteiger partial charge in [0.15, 0.2) is 12.2 Å². The van der Waals surface area contributed by atoms with E-state index in [0.29, 0.717) is 37.5 Å². The van der Waals surface area contributed by atoms with Crippen LogP contribution in [0.1, 0.15) is 216 Å². The zero-order valence-electron chi connectivity index (χ0n) is 46.7. The van der Waals surface area contributed by atoms with E-state index in [1.807, 2.05) is 34.9 Å². The molecule has 0 saturated carbocycles. The Labute approximate surface area is 436 Å². The molecular formula is C56H104N2O12S. The lowest BCUT2D eigenvalue weighted by Gasteiger charge is -2.23. The minimum absolute atomic E-state index is 0.0249. The number of hydrogen-bond acceptors (Lipinski definition) is 14. The molecule has 0 spiro atoms. The van der Waals surface area contributed by atoms with Crippen molar-refractivity contribution < 1.29 is 57.2 Å². The summed E-state index contributed by atoms with van der Waals surface area (Å²) in [6.07, 6.45) is 20.1. The van der Waals surface area contributed by atoms with Gasteiger partial charge in [0.1, 0.15) is 19.8 Å². The normalized spacial score (nSPS) is 14.0. The van der Waals surface area contributed by atoms with E-state index >= 15 is 0 Å². The number of hydrogen-bond donors (Lipinski definition) is 0. The lowest BCUT2D eigenvalue weighted by atomic mass is 10.0. The van der Waals surface area contributed by atoms with Crippen LogP contribution < -0.4 is 0 Å². The monoisotopic (exact) mass is 1030 g/mol. The van der Waals surface area contributed by atoms with E-state index in [4.69, 9.17) is 28.4 Å². The van der Waals surface area contributed by atoms with Crippen molar-refractivity contribution >= 4 is 46.8 Å². The highest BCUT2D eigenvalue weighted by atomic mass is 32.2. The van der Waals surface area contributed by atoms with Crippen molar-refractivity contribution in [1.29, 1.82) is 0 Å². The molecule has 0 rings (SSSR count). The van der Waals surface area contributed by atoms with Gasteiger partial charge in [-0.1, -0.05) is 170 Å². The number of carbonyl (C=O) groups is 6. The molecule has 14 nitrogen and oxygen atoms in total. The van der Waals surface area contributed by atoms with Gasteiger partial charge >= 0.3 is 29.8 Å². The zero-order chi connectivity index (χ0) is 53.1. The molecule has 0 aliphatic rings. The third-order valence-electron chi connectivity index (χ3n) is 12.6. The van der Waals surface area contributed by atoms with E-state index in [2.05, 4.69) is 39.5 Å². The Morgan fingerprint density at radius 2 is 0.817 bits per heavy atom. The third kappa shape index (κ3) is 39.3. The van der Waals surface area contributed by atoms with E-state index in [9.17, 15) is 28.8 Å². The summed E-state index contributed by atoms with van der Waals surface area (Å²) >= 11 is 1.21. The molecule has 5 atom stereocenters. The summed E-state index contributed by atoms with van der Waals surface area (Å²) in [5.74, 6) is -2.07. The van der Waals surface area contributed by atoms with Crippen LogP contribution in [0.3, 0.4) is 0 Å². The fourth-order valence-corrected chi connectivity index (χ4v) is 8.63. The second-order valence-electron chi connectivity index (χ2n) is 20.3. The van der Waals surface area contributed by atoms with E-state index in [0.717, 1.165) is 109 Å². The van der Waals surface area contributed by atoms with Crippen molar-refractivity contribution in [3.63, 3.8) is 0 Å². The van der Waals surface area contributed by atoms with Crippen LogP contribution in [0.25, 0.3) is 0 Å². The van der Waals surface area contributed by atoms with Crippen LogP contribution in [-0.2, 0) is 52.4 Å². The van der Waals surface area contributed by atoms with Gasteiger partial charge in [0.2, 0.25) is 0 Å². The number of esters is 5. The first-order valence-electron chi connectivity index (χ1n) is 28.1. The summed E-state index contributed by atoms with van der Waals surface area (Å²) in [6.45, 7) is 17.7. The van der Waals surface area contributed by atoms with Crippen molar-refractivity contribution in [1.82, 2.24) is 9.80 Å². The summed E-state index contributed by atoms with van der Waals surface area (Å²) in [5.41, 5.74) is 0. The molecule has 0 N–H and O–H groups in total. The highest BCUT2D eigenvalue weighted by Gasteiger charge is 2.25. The average Bonchev–Trinajstić information content (AvgIpc) is 3.34. The van der Waals surface area contributed by atoms with Gasteiger partial charge in [0, 0.05) is 38.3 Å². The quantitative estimate of drug-likeness (QED) is 0.0321. The SMILES string of the molecule is CCCCCCC(C)COCC(COC(=O)C(C)CCCCCC)OC(=O)CCCN(CCCC(=O)OC(COC(=O)C(C)CCCCCC)COC(=O)C(C)CCCCCC)C(=O)SCCCN(C)C. The summed E-state index contributed by atoms with van der Waals surface area (Å²) in [5, 5.41) is -0.152. The van der Waals surface area contributed by atoms with Crippen LogP contribution >= 0.6 is 11.8 Å². The van der Waals surface area contributed by atoms with Crippen molar-refractivity contribution in [3.05, 3.63) is 0 Å². The van der Waals surface area contributed by atoms with Gasteiger partial charge in [-0.05, 0) is 71.5 Å². The molecule has 0 heterocycles. The standard InChI is InChI=1S/C56H104N2O12S/c1-11-15-19-23-30-45(5)40-65-41-49(42-66-53(61)46(6)31-24-20-16-12-2)69-51(59)34-27-37-58(56(64)71-39-29-36-57(9)10)38-28-35-52(60)70-50(43-67-54(62)47(7)32-25-21-17-13-3)44-68-55(63)48(8)33-26-22-18-14-4/h45-50H,11-44H2,1-10H3. The maximum absolute atomic E-state index is 13.6. The fourth-order valence-electron chi connectivity index (χ4n) is 7.82. The maximum atomic E-state index is 13.6. The Hall–Kier alpha value is -2.91. The summed E-state index contributed by atoms with van der Waals surface area (Å²) in [7, 11) is 3.96. The van der Waals surface area contributed by atoms with Crippen LogP contribution in [-0.4, -0.2) is 130 Å². The topological polar surface area (TPSA) is 164 Å². The second-order valence-corrected chi connectivity index (χ2v) is 21.4. The molecule has 15 heteroatoms. The van der Waals surface area contributed by atoms with Gasteiger partial charge in [-0.3, -0.25) is 28.8 Å². The minimum Gasteiger partial charge on any atom is -0.461 e. The maximum Gasteiger partial charge on any atom is 0.308 e. The lowest BCUT2D eigenvalue weighted by Crippen LogP contribution is -2.34. The van der Waals surface area contributed by atoms with Crippen LogP contribution in [0, 0.1) is 23.7 Å². The average molecular weight is 1030 g/mol. The number of unbranched alkanes of at least 4 members (excludes halogenated alkanes) is 12. The number of thioether (sulfide) groups is 1. The molecule has 0 aliphatic heterocycles. The van der Waals surface area contributed by atoms with Gasteiger partial charge in [-0.15, -0.1) is 0 Å². The van der Waals surface area contributed by atoms with Crippen molar-refractivity contribution in [2.75, 3.05) is 72.5 Å². The molecule has 0 fully saturated rings. The number of carbonyl (C=O) groups excluding carboxylic acids is 6. The molecule has 416 valence electrons. The first-order chi connectivity index (χ1) is 34.1. The summed E-state index contributed by atoms with van der Waals surface area (Å²) < 4.78 is 34.5. The van der Waals surface area contributed by atoms with E-state index < -0.39 is 24.1 Å². The second kappa shape index (κ2) is 45.7. The lowest BCUT2D eigenvalue weighted by molar-refractivity contribution is -0.169. The predicted molar refractivity (Wildman–Crippen MR) is 286 cm³/mol. The Bertz CT molecular complexity index is 1350. The van der Waals surface area contributed by atoms with E-state index in [1.165, 1.54) is 31.0 Å². The molecule has 5 unspecified atom stereocenters. The Kier molecular flexibility index (Phi) is 43.8. The predicted octanol–water partition coefficient (Wildman–Crippen LogP) is 12.5. The molecular weight excluding hydrogens is 925 g/mol. The van der Waals surface area contributed by atoms with E-state index in [1.54, 1.807) is 4.90 Å². The third-order valence-corrected chi connectivity index (χ3v) is 13.6. The molecule has 0 bridgehead atoms. The molecule has 0 aliphatic carbocycles. The Morgan fingerprint density at radius 1 is 0.437 bits per heavy atom. The van der Waals surface area contributed by atoms with Crippen molar-refractivity contribution in [2.24, 2.45) is 23.7 Å². The summed E-state index contributed by atoms with van der Waals surface area (Å²) in [6, 6.07) is 0. The van der Waals surface area contributed by atoms with E-state index in [-0.39, 0.29) is 99.7 Å². The largest absolute Gasteiger partial charge is 0.461 e. The highest BCUT2D eigenvalue weighted by molar-refractivity contribution is 8.13. The number of rotatable bonds is 47. The minimum atomic E-state index is -0.985. The number of amides is 1. The van der Waals surface area contributed by atoms with Crippen LogP contribution in [0.4, 0.5) is 4.79 Å². The molecule has 0 radical (unpaired) electrons. The molecule has 1 amide bonds. The van der Waals surface area contributed by atoms with Crippen LogP contribution in [0.15, 0.2) is 0 Å². The Morgan fingerprint density at radius 3 is 1.20 bits per heavy atom. The fraction of sp³-hybridized carbons (Fsp3) is 0.893. The van der Waals surface area contributed by atoms with Crippen molar-refractivity contribution in [2.45, 2.75) is 228 Å². The number of nitrogens with zero attached hydrogens (tertiary/aromatic N) is 2. The van der Waals surface area contributed by atoms with Gasteiger partial charge in [0.05, 0.1) is 24.4 Å². The van der Waals surface area contributed by atoms with Crippen LogP contribution in [0.5, 0.6) is 0 Å². The molecule has 0 aromatic rings. The van der Waals surface area contributed by atoms with Gasteiger partial charge in [-0.2, -0.15) is 0 Å². The molecule has 71 heavy (non-hydrogen) atoms. The van der Waals surface area contributed by atoms with Gasteiger partial charge in [-0.25, -0.2) is 0 Å². The Balaban J connectivity index is 5.72. The first-order valence-corrected chi connectivity index (χ1v) is 29.1. The zero-order valence-corrected chi connectivity index (χ0v) is 47.5. The summed E-state index contributed by atoms with van der Waals surface area (Å²) in [4.78, 5) is 82.6. The van der Waals surface area contributed by atoms with Gasteiger partial charge < -0.3 is 38.2 Å². The van der Waals surface area contributed by atoms with Crippen molar-refractivity contribution in [3.8, 4) is 0 Å². The molecule has 0 aromatic heterocycles. The highest BCUT2D eigenvalue weighted by Crippen LogP contribution is 2.18.